The minimum atomic E-state index is -1.07. The van der Waals surface area contributed by atoms with Crippen LogP contribution in [0.4, 0.5) is 0 Å². The van der Waals surface area contributed by atoms with Gasteiger partial charge < -0.3 is 31.4 Å². The Morgan fingerprint density at radius 3 is 2.69 bits per heavy atom. The number of nitrogens with two attached hydrogens (primary N) is 1. The Kier molecular flexibility index (Phi) is 8.72. The summed E-state index contributed by atoms with van der Waals surface area (Å²) in [6.07, 6.45) is 5.04. The van der Waals surface area contributed by atoms with E-state index in [4.69, 9.17) is 10.4 Å². The van der Waals surface area contributed by atoms with Gasteiger partial charge in [0, 0.05) is 31.1 Å². The van der Waals surface area contributed by atoms with Crippen molar-refractivity contribution in [2.75, 3.05) is 19.6 Å². The van der Waals surface area contributed by atoms with Crippen LogP contribution in [0, 0.1) is 5.92 Å². The third-order valence-corrected chi connectivity index (χ3v) is 6.28. The van der Waals surface area contributed by atoms with Crippen LogP contribution in [0.2, 0.25) is 0 Å². The van der Waals surface area contributed by atoms with E-state index in [1.54, 1.807) is 0 Å². The molecule has 1 atom stereocenters. The van der Waals surface area contributed by atoms with Crippen LogP contribution in [0.1, 0.15) is 50.2 Å². The Morgan fingerprint density at radius 2 is 2.00 bits per heavy atom. The van der Waals surface area contributed by atoms with Crippen LogP contribution < -0.4 is 26.3 Å². The SMILES string of the molecule is C=C(C)c1cccc2c1OB(O)C(NC(=O)CC1CCC(NCCNCC(N)=O)CC1)C2. The lowest BCUT2D eigenvalue weighted by atomic mass is 9.72. The van der Waals surface area contributed by atoms with Crippen molar-refractivity contribution in [3.8, 4) is 5.75 Å². The summed E-state index contributed by atoms with van der Waals surface area (Å²) in [5.74, 6) is 0.168. The zero-order valence-corrected chi connectivity index (χ0v) is 18.9. The first-order valence-corrected chi connectivity index (χ1v) is 11.5. The molecule has 0 spiro atoms. The summed E-state index contributed by atoms with van der Waals surface area (Å²) in [6.45, 7) is 7.57. The Labute approximate surface area is 190 Å². The molecule has 6 N–H and O–H groups in total. The van der Waals surface area contributed by atoms with Crippen molar-refractivity contribution in [3.05, 3.63) is 35.9 Å². The highest BCUT2D eigenvalue weighted by molar-refractivity contribution is 6.46. The maximum Gasteiger partial charge on any atom is 0.547 e. The fourth-order valence-corrected chi connectivity index (χ4v) is 4.56. The number of primary amides is 1. The second kappa shape index (κ2) is 11.5. The number of nitrogens with one attached hydrogen (secondary N) is 3. The molecule has 2 amide bonds. The number of amides is 2. The van der Waals surface area contributed by atoms with Gasteiger partial charge in [0.05, 0.1) is 12.5 Å². The number of fused-ring (bicyclic) bond motifs is 1. The summed E-state index contributed by atoms with van der Waals surface area (Å²) in [5.41, 5.74) is 7.84. The summed E-state index contributed by atoms with van der Waals surface area (Å²) in [4.78, 5) is 23.3. The highest BCUT2D eigenvalue weighted by Gasteiger charge is 2.37. The zero-order chi connectivity index (χ0) is 23.1. The Bertz CT molecular complexity index is 826. The van der Waals surface area contributed by atoms with Gasteiger partial charge in [0.2, 0.25) is 11.8 Å². The molecule has 1 aliphatic heterocycles. The minimum absolute atomic E-state index is 0.0378. The van der Waals surface area contributed by atoms with Gasteiger partial charge in [0.25, 0.3) is 0 Å². The summed E-state index contributed by atoms with van der Waals surface area (Å²) in [5, 5.41) is 19.9. The molecule has 1 aromatic carbocycles. The number of allylic oxidation sites excluding steroid dienone is 1. The molecule has 8 nitrogen and oxygen atoms in total. The lowest BCUT2D eigenvalue weighted by Crippen LogP contribution is -2.53. The number of carbonyl (C=O) groups excluding carboxylic acids is 2. The van der Waals surface area contributed by atoms with Crippen LogP contribution >= 0.6 is 0 Å². The highest BCUT2D eigenvalue weighted by Crippen LogP contribution is 2.33. The third kappa shape index (κ3) is 6.82. The first-order chi connectivity index (χ1) is 15.3. The number of rotatable bonds is 10. The molecule has 2 aliphatic rings. The third-order valence-electron chi connectivity index (χ3n) is 6.28. The average Bonchev–Trinajstić information content (AvgIpc) is 2.74. The monoisotopic (exact) mass is 442 g/mol. The quantitative estimate of drug-likeness (QED) is 0.269. The standard InChI is InChI=1S/C23H35BN4O4/c1-15(2)19-5-3-4-17-13-20(24(31)32-23(17)19)28-22(30)12-16-6-8-18(9-7-16)27-11-10-26-14-21(25)29/h3-5,16,18,20,26-27,31H,1,6-14H2,2H3,(H2,25,29)(H,28,30). The van der Waals surface area contributed by atoms with E-state index in [0.717, 1.165) is 48.9 Å². The van der Waals surface area contributed by atoms with Crippen molar-refractivity contribution in [2.24, 2.45) is 11.7 Å². The van der Waals surface area contributed by atoms with E-state index in [9.17, 15) is 14.6 Å². The van der Waals surface area contributed by atoms with Crippen LogP contribution in [0.25, 0.3) is 5.57 Å². The van der Waals surface area contributed by atoms with E-state index in [0.29, 0.717) is 37.1 Å². The summed E-state index contributed by atoms with van der Waals surface area (Å²) in [6, 6.07) is 6.28. The van der Waals surface area contributed by atoms with Gasteiger partial charge in [-0.05, 0) is 56.1 Å². The van der Waals surface area contributed by atoms with Crippen molar-refractivity contribution in [3.63, 3.8) is 0 Å². The first kappa shape index (κ1) is 24.3. The Morgan fingerprint density at radius 1 is 1.25 bits per heavy atom. The maximum absolute atomic E-state index is 12.6. The Balaban J connectivity index is 1.40. The fourth-order valence-electron chi connectivity index (χ4n) is 4.56. The smallest absolute Gasteiger partial charge is 0.534 e. The number of hydrogen-bond donors (Lipinski definition) is 5. The fraction of sp³-hybridized carbons (Fsp3) is 0.565. The molecule has 1 unspecified atom stereocenters. The van der Waals surface area contributed by atoms with Crippen LogP contribution in [0.3, 0.4) is 0 Å². The maximum atomic E-state index is 12.6. The van der Waals surface area contributed by atoms with E-state index < -0.39 is 13.1 Å². The molecule has 1 aliphatic carbocycles. The van der Waals surface area contributed by atoms with Gasteiger partial charge in [-0.25, -0.2) is 0 Å². The predicted octanol–water partition coefficient (Wildman–Crippen LogP) is 0.773. The van der Waals surface area contributed by atoms with Gasteiger partial charge in [-0.3, -0.25) is 9.59 Å². The van der Waals surface area contributed by atoms with Crippen molar-refractivity contribution < 1.29 is 19.3 Å². The van der Waals surface area contributed by atoms with Gasteiger partial charge >= 0.3 is 7.12 Å². The van der Waals surface area contributed by atoms with E-state index in [1.807, 2.05) is 25.1 Å². The number of benzene rings is 1. The van der Waals surface area contributed by atoms with E-state index in [1.165, 1.54) is 0 Å². The molecule has 0 aromatic heterocycles. The second-order valence-electron chi connectivity index (χ2n) is 8.98. The normalized spacial score (nSPS) is 22.6. The predicted molar refractivity (Wildman–Crippen MR) is 126 cm³/mol. The molecule has 3 rings (SSSR count). The van der Waals surface area contributed by atoms with Gasteiger partial charge in [-0.15, -0.1) is 0 Å². The first-order valence-electron chi connectivity index (χ1n) is 11.5. The lowest BCUT2D eigenvalue weighted by Gasteiger charge is -2.31. The molecule has 1 heterocycles. The molecule has 32 heavy (non-hydrogen) atoms. The van der Waals surface area contributed by atoms with Crippen LogP contribution in [0.5, 0.6) is 5.75 Å². The van der Waals surface area contributed by atoms with Crippen molar-refractivity contribution in [2.45, 2.75) is 57.4 Å². The molecule has 1 aromatic rings. The van der Waals surface area contributed by atoms with Crippen LogP contribution in [0.15, 0.2) is 24.8 Å². The van der Waals surface area contributed by atoms with Gasteiger partial charge in [0.15, 0.2) is 0 Å². The molecule has 1 saturated carbocycles. The molecule has 0 bridgehead atoms. The topological polar surface area (TPSA) is 126 Å². The summed E-state index contributed by atoms with van der Waals surface area (Å²) >= 11 is 0. The zero-order valence-electron chi connectivity index (χ0n) is 18.9. The van der Waals surface area contributed by atoms with Gasteiger partial charge in [0.1, 0.15) is 5.75 Å². The Hall–Kier alpha value is -2.36. The molecule has 174 valence electrons. The minimum Gasteiger partial charge on any atom is -0.534 e. The molecule has 1 fully saturated rings. The number of carbonyl (C=O) groups is 2. The molecule has 9 heteroatoms. The van der Waals surface area contributed by atoms with Crippen molar-refractivity contribution in [1.82, 2.24) is 16.0 Å². The number of hydrogen-bond acceptors (Lipinski definition) is 6. The van der Waals surface area contributed by atoms with Gasteiger partial charge in [-0.1, -0.05) is 24.8 Å². The van der Waals surface area contributed by atoms with Crippen LogP contribution in [-0.2, 0) is 16.0 Å². The second-order valence-corrected chi connectivity index (χ2v) is 8.98. The van der Waals surface area contributed by atoms with E-state index >= 15 is 0 Å². The van der Waals surface area contributed by atoms with Crippen molar-refractivity contribution >= 4 is 24.5 Å². The molecular formula is C23H35BN4O4. The van der Waals surface area contributed by atoms with Crippen LogP contribution in [-0.4, -0.2) is 55.6 Å². The summed E-state index contributed by atoms with van der Waals surface area (Å²) in [7, 11) is -1.07. The molecule has 0 radical (unpaired) electrons. The summed E-state index contributed by atoms with van der Waals surface area (Å²) < 4.78 is 5.75. The van der Waals surface area contributed by atoms with Gasteiger partial charge in [-0.2, -0.15) is 0 Å². The van der Waals surface area contributed by atoms with E-state index in [-0.39, 0.29) is 18.4 Å². The molecule has 0 saturated heterocycles. The lowest BCUT2D eigenvalue weighted by molar-refractivity contribution is -0.122. The number of para-hydroxylation sites is 1. The van der Waals surface area contributed by atoms with E-state index in [2.05, 4.69) is 22.5 Å². The average molecular weight is 442 g/mol. The molecular weight excluding hydrogens is 407 g/mol. The highest BCUT2D eigenvalue weighted by atomic mass is 16.5. The van der Waals surface area contributed by atoms with Crippen molar-refractivity contribution in [1.29, 1.82) is 0 Å². The largest absolute Gasteiger partial charge is 0.547 e.